The van der Waals surface area contributed by atoms with E-state index in [0.29, 0.717) is 0 Å². The van der Waals surface area contributed by atoms with E-state index in [2.05, 4.69) is 29.6 Å². The smallest absolute Gasteiger partial charge is 0.0942 e. The topological polar surface area (TPSA) is 32.3 Å². The third kappa shape index (κ3) is 2.70. The number of benzene rings is 2. The van der Waals surface area contributed by atoms with E-state index in [-0.39, 0.29) is 6.04 Å². The van der Waals surface area contributed by atoms with Gasteiger partial charge in [0, 0.05) is 6.04 Å². The first kappa shape index (κ1) is 12.4. The van der Waals surface area contributed by atoms with Gasteiger partial charge in [-0.1, -0.05) is 54.6 Å². The summed E-state index contributed by atoms with van der Waals surface area (Å²) in [6.45, 7) is 1.02. The fourth-order valence-electron chi connectivity index (χ4n) is 2.72. The number of rotatable bonds is 3. The van der Waals surface area contributed by atoms with E-state index in [9.17, 15) is 5.11 Å². The molecule has 1 aliphatic rings. The van der Waals surface area contributed by atoms with Crippen molar-refractivity contribution in [2.75, 3.05) is 6.54 Å². The van der Waals surface area contributed by atoms with E-state index < -0.39 is 6.10 Å². The van der Waals surface area contributed by atoms with E-state index in [4.69, 9.17) is 0 Å². The molecular weight excluding hydrogens is 234 g/mol. The molecule has 19 heavy (non-hydrogen) atoms. The van der Waals surface area contributed by atoms with Crippen molar-refractivity contribution < 1.29 is 5.11 Å². The molecule has 0 spiro atoms. The maximum absolute atomic E-state index is 10.3. The first-order valence-corrected chi connectivity index (χ1v) is 6.91. The van der Waals surface area contributed by atoms with Gasteiger partial charge < -0.3 is 10.4 Å². The van der Waals surface area contributed by atoms with Crippen LogP contribution in [0.1, 0.15) is 24.5 Å². The Kier molecular flexibility index (Phi) is 3.62. The van der Waals surface area contributed by atoms with Crippen LogP contribution in [0.3, 0.4) is 0 Å². The predicted octanol–water partition coefficient (Wildman–Crippen LogP) is 3.14. The minimum Gasteiger partial charge on any atom is -0.387 e. The Morgan fingerprint density at radius 1 is 0.947 bits per heavy atom. The zero-order valence-corrected chi connectivity index (χ0v) is 10.9. The van der Waals surface area contributed by atoms with Gasteiger partial charge in [-0.3, -0.25) is 0 Å². The van der Waals surface area contributed by atoms with Gasteiger partial charge in [0.2, 0.25) is 0 Å². The second kappa shape index (κ2) is 5.55. The van der Waals surface area contributed by atoms with Gasteiger partial charge in [-0.25, -0.2) is 0 Å². The molecule has 0 saturated carbocycles. The highest BCUT2D eigenvalue weighted by Gasteiger charge is 2.23. The van der Waals surface area contributed by atoms with Crippen molar-refractivity contribution in [3.8, 4) is 11.1 Å². The molecule has 2 nitrogen and oxygen atoms in total. The van der Waals surface area contributed by atoms with Gasteiger partial charge in [-0.2, -0.15) is 0 Å². The molecule has 1 fully saturated rings. The van der Waals surface area contributed by atoms with Crippen LogP contribution in [0.15, 0.2) is 54.6 Å². The number of hydrogen-bond acceptors (Lipinski definition) is 2. The molecule has 1 aliphatic heterocycles. The van der Waals surface area contributed by atoms with Crippen LogP contribution in [-0.2, 0) is 0 Å². The fraction of sp³-hybridized carbons (Fsp3) is 0.294. The number of aliphatic hydroxyl groups excluding tert-OH is 1. The average Bonchev–Trinajstić information content (AvgIpc) is 3.02. The molecule has 2 atom stereocenters. The monoisotopic (exact) mass is 253 g/mol. The molecule has 2 N–H and O–H groups in total. The molecule has 2 aromatic rings. The largest absolute Gasteiger partial charge is 0.387 e. The summed E-state index contributed by atoms with van der Waals surface area (Å²) in [5, 5.41) is 13.7. The lowest BCUT2D eigenvalue weighted by atomic mass is 9.98. The van der Waals surface area contributed by atoms with E-state index in [0.717, 1.165) is 24.9 Å². The summed E-state index contributed by atoms with van der Waals surface area (Å²) in [7, 11) is 0. The SMILES string of the molecule is OC(c1ccc(-c2ccccc2)cc1)C1CCCN1. The lowest BCUT2D eigenvalue weighted by Crippen LogP contribution is -2.28. The molecule has 2 heteroatoms. The van der Waals surface area contributed by atoms with Crippen LogP contribution in [0.4, 0.5) is 0 Å². The van der Waals surface area contributed by atoms with Crippen molar-refractivity contribution >= 4 is 0 Å². The Bertz CT molecular complexity index is 515. The lowest BCUT2D eigenvalue weighted by Gasteiger charge is -2.18. The number of nitrogens with one attached hydrogen (secondary N) is 1. The van der Waals surface area contributed by atoms with Crippen molar-refractivity contribution in [1.82, 2.24) is 5.32 Å². The van der Waals surface area contributed by atoms with E-state index in [1.54, 1.807) is 0 Å². The molecular formula is C17H19NO. The second-order valence-corrected chi connectivity index (χ2v) is 5.14. The van der Waals surface area contributed by atoms with E-state index >= 15 is 0 Å². The molecule has 2 unspecified atom stereocenters. The van der Waals surface area contributed by atoms with Crippen molar-refractivity contribution in [3.05, 3.63) is 60.2 Å². The van der Waals surface area contributed by atoms with Crippen LogP contribution in [0.5, 0.6) is 0 Å². The Hall–Kier alpha value is -1.64. The fourth-order valence-corrected chi connectivity index (χ4v) is 2.72. The molecule has 0 aliphatic carbocycles. The summed E-state index contributed by atoms with van der Waals surface area (Å²) < 4.78 is 0. The Morgan fingerprint density at radius 2 is 1.63 bits per heavy atom. The highest BCUT2D eigenvalue weighted by molar-refractivity contribution is 5.63. The quantitative estimate of drug-likeness (QED) is 0.880. The van der Waals surface area contributed by atoms with Crippen LogP contribution in [0.2, 0.25) is 0 Å². The molecule has 0 aromatic heterocycles. The van der Waals surface area contributed by atoms with Crippen LogP contribution >= 0.6 is 0 Å². The molecule has 1 heterocycles. The molecule has 2 aromatic carbocycles. The first-order chi connectivity index (χ1) is 9.34. The van der Waals surface area contributed by atoms with Gasteiger partial charge >= 0.3 is 0 Å². The van der Waals surface area contributed by atoms with Crippen molar-refractivity contribution in [3.63, 3.8) is 0 Å². The molecule has 0 radical (unpaired) electrons. The third-order valence-electron chi connectivity index (χ3n) is 3.84. The highest BCUT2D eigenvalue weighted by atomic mass is 16.3. The predicted molar refractivity (Wildman–Crippen MR) is 77.9 cm³/mol. The molecule has 98 valence electrons. The molecule has 0 bridgehead atoms. The first-order valence-electron chi connectivity index (χ1n) is 6.91. The normalized spacial score (nSPS) is 20.4. The highest BCUT2D eigenvalue weighted by Crippen LogP contribution is 2.25. The van der Waals surface area contributed by atoms with Gasteiger partial charge in [0.15, 0.2) is 0 Å². The Morgan fingerprint density at radius 3 is 2.26 bits per heavy atom. The molecule has 1 saturated heterocycles. The molecule has 3 rings (SSSR count). The maximum atomic E-state index is 10.3. The summed E-state index contributed by atoms with van der Waals surface area (Å²) in [5.41, 5.74) is 3.40. The number of hydrogen-bond donors (Lipinski definition) is 2. The lowest BCUT2D eigenvalue weighted by molar-refractivity contribution is 0.137. The zero-order valence-electron chi connectivity index (χ0n) is 10.9. The zero-order chi connectivity index (χ0) is 13.1. The van der Waals surface area contributed by atoms with Crippen LogP contribution < -0.4 is 5.32 Å². The van der Waals surface area contributed by atoms with Crippen LogP contribution in [-0.4, -0.2) is 17.7 Å². The summed E-state index contributed by atoms with van der Waals surface area (Å²) >= 11 is 0. The summed E-state index contributed by atoms with van der Waals surface area (Å²) in [4.78, 5) is 0. The molecule has 0 amide bonds. The van der Waals surface area contributed by atoms with Crippen molar-refractivity contribution in [2.45, 2.75) is 25.0 Å². The summed E-state index contributed by atoms with van der Waals surface area (Å²) in [6, 6.07) is 18.8. The van der Waals surface area contributed by atoms with E-state index in [1.165, 1.54) is 11.1 Å². The Balaban J connectivity index is 1.79. The van der Waals surface area contributed by atoms with Crippen LogP contribution in [0, 0.1) is 0 Å². The van der Waals surface area contributed by atoms with Gasteiger partial charge in [0.1, 0.15) is 0 Å². The van der Waals surface area contributed by atoms with Gasteiger partial charge in [0.25, 0.3) is 0 Å². The van der Waals surface area contributed by atoms with Crippen molar-refractivity contribution in [2.24, 2.45) is 0 Å². The summed E-state index contributed by atoms with van der Waals surface area (Å²) in [6.07, 6.45) is 1.82. The summed E-state index contributed by atoms with van der Waals surface area (Å²) in [5.74, 6) is 0. The minimum atomic E-state index is -0.396. The third-order valence-corrected chi connectivity index (χ3v) is 3.84. The van der Waals surface area contributed by atoms with Gasteiger partial charge in [-0.05, 0) is 36.1 Å². The van der Waals surface area contributed by atoms with Crippen LogP contribution in [0.25, 0.3) is 11.1 Å². The minimum absolute atomic E-state index is 0.211. The Labute approximate surface area is 114 Å². The number of aliphatic hydroxyl groups is 1. The van der Waals surface area contributed by atoms with E-state index in [1.807, 2.05) is 30.3 Å². The van der Waals surface area contributed by atoms with Gasteiger partial charge in [0.05, 0.1) is 6.10 Å². The average molecular weight is 253 g/mol. The van der Waals surface area contributed by atoms with Gasteiger partial charge in [-0.15, -0.1) is 0 Å². The van der Waals surface area contributed by atoms with Crippen molar-refractivity contribution in [1.29, 1.82) is 0 Å². The standard InChI is InChI=1S/C17H19NO/c19-17(16-7-4-12-18-16)15-10-8-14(9-11-15)13-5-2-1-3-6-13/h1-3,5-6,8-11,16-19H,4,7,12H2. The maximum Gasteiger partial charge on any atom is 0.0942 e. The second-order valence-electron chi connectivity index (χ2n) is 5.14.